The van der Waals surface area contributed by atoms with Crippen molar-refractivity contribution in [2.45, 2.75) is 68.9 Å². The standard InChI is InChI=1S/C20H24O7/c1-9(2)13-8-15-19-17(27-19)14(25-18(19)23)6-10(3)5-12(21)7-11(4)20(24,26-15)16(13)22/h5,13-17,22,24H,1,4,6-8H2,2-3H3/t13-,14-,15+,16-,17-,19-,20+/m0/s1. The number of hydrogen-bond donors (Lipinski definition) is 2. The van der Waals surface area contributed by atoms with E-state index in [1.807, 2.05) is 0 Å². The second-order valence-electron chi connectivity index (χ2n) is 8.15. The van der Waals surface area contributed by atoms with Gasteiger partial charge in [0.05, 0.1) is 0 Å². The lowest BCUT2D eigenvalue weighted by molar-refractivity contribution is -0.297. The van der Waals surface area contributed by atoms with Gasteiger partial charge in [0.1, 0.15) is 24.4 Å². The van der Waals surface area contributed by atoms with Crippen molar-refractivity contribution in [3.8, 4) is 0 Å². The molecule has 0 saturated carbocycles. The number of aliphatic hydroxyl groups excluding tert-OH is 1. The van der Waals surface area contributed by atoms with E-state index >= 15 is 0 Å². The molecule has 27 heavy (non-hydrogen) atoms. The number of ketones is 1. The number of epoxide rings is 1. The molecule has 4 bridgehead atoms. The Morgan fingerprint density at radius 2 is 2.04 bits per heavy atom. The van der Waals surface area contributed by atoms with Gasteiger partial charge in [-0.25, -0.2) is 4.79 Å². The van der Waals surface area contributed by atoms with Crippen LogP contribution in [0.3, 0.4) is 0 Å². The van der Waals surface area contributed by atoms with E-state index in [1.54, 1.807) is 13.8 Å². The highest BCUT2D eigenvalue weighted by molar-refractivity contribution is 5.92. The van der Waals surface area contributed by atoms with Gasteiger partial charge in [-0.1, -0.05) is 24.3 Å². The predicted octanol–water partition coefficient (Wildman–Crippen LogP) is 0.945. The molecule has 0 amide bonds. The Hall–Kier alpha value is -1.80. The van der Waals surface area contributed by atoms with Crippen LogP contribution in [-0.4, -0.2) is 57.8 Å². The van der Waals surface area contributed by atoms with E-state index in [2.05, 4.69) is 13.2 Å². The van der Waals surface area contributed by atoms with Gasteiger partial charge in [0.25, 0.3) is 0 Å². The Labute approximate surface area is 157 Å². The Morgan fingerprint density at radius 1 is 1.33 bits per heavy atom. The van der Waals surface area contributed by atoms with Crippen LogP contribution in [0.25, 0.3) is 0 Å². The van der Waals surface area contributed by atoms with E-state index in [4.69, 9.17) is 14.2 Å². The van der Waals surface area contributed by atoms with Gasteiger partial charge in [-0.3, -0.25) is 4.79 Å². The highest BCUT2D eigenvalue weighted by atomic mass is 16.7. The molecule has 0 aromatic carbocycles. The second kappa shape index (κ2) is 5.85. The van der Waals surface area contributed by atoms with Crippen molar-refractivity contribution < 1.29 is 34.0 Å². The molecule has 7 nitrogen and oxygen atoms in total. The Balaban J connectivity index is 1.81. The van der Waals surface area contributed by atoms with E-state index in [9.17, 15) is 19.8 Å². The van der Waals surface area contributed by atoms with E-state index in [1.165, 1.54) is 6.08 Å². The smallest absolute Gasteiger partial charge is 0.344 e. The van der Waals surface area contributed by atoms with Crippen LogP contribution in [0.4, 0.5) is 0 Å². The summed E-state index contributed by atoms with van der Waals surface area (Å²) in [6, 6.07) is 0. The largest absolute Gasteiger partial charge is 0.457 e. The SMILES string of the molecule is C=C(C)[C@@H]1C[C@H]2O[C@](O)(C(=C)CC(=O)C=C(C)C[C@@H]3OC(=O)[C@]24O[C@@H]34)[C@H]1O. The number of carbonyl (C=O) groups is 2. The van der Waals surface area contributed by atoms with Crippen molar-refractivity contribution in [2.75, 3.05) is 0 Å². The summed E-state index contributed by atoms with van der Waals surface area (Å²) >= 11 is 0. The molecule has 0 spiro atoms. The highest BCUT2D eigenvalue weighted by Gasteiger charge is 2.78. The zero-order valence-corrected chi connectivity index (χ0v) is 15.4. The fourth-order valence-corrected chi connectivity index (χ4v) is 4.55. The molecule has 146 valence electrons. The molecule has 0 radical (unpaired) electrons. The number of aliphatic hydroxyl groups is 2. The van der Waals surface area contributed by atoms with Crippen molar-refractivity contribution in [1.29, 1.82) is 0 Å². The third-order valence-corrected chi connectivity index (χ3v) is 6.11. The molecule has 4 aliphatic heterocycles. The number of hydrogen-bond acceptors (Lipinski definition) is 7. The molecule has 4 heterocycles. The normalized spacial score (nSPS) is 46.6. The molecule has 3 saturated heterocycles. The third-order valence-electron chi connectivity index (χ3n) is 6.11. The average molecular weight is 376 g/mol. The summed E-state index contributed by atoms with van der Waals surface area (Å²) in [5.74, 6) is -3.55. The fourth-order valence-electron chi connectivity index (χ4n) is 4.55. The summed E-state index contributed by atoms with van der Waals surface area (Å²) in [5.41, 5.74) is 0.122. The van der Waals surface area contributed by atoms with Crippen molar-refractivity contribution in [1.82, 2.24) is 0 Å². The van der Waals surface area contributed by atoms with Crippen LogP contribution >= 0.6 is 0 Å². The number of fused-ring (bicyclic) bond motifs is 2. The van der Waals surface area contributed by atoms with Gasteiger partial charge in [0.2, 0.25) is 11.4 Å². The first-order valence-corrected chi connectivity index (χ1v) is 9.10. The topological polar surface area (TPSA) is 106 Å². The molecular formula is C20H24O7. The molecule has 4 rings (SSSR count). The molecule has 0 aromatic rings. The first-order chi connectivity index (χ1) is 12.6. The average Bonchev–Trinajstić information content (AvgIpc) is 3.26. The van der Waals surface area contributed by atoms with Crippen LogP contribution in [0.15, 0.2) is 36.0 Å². The second-order valence-corrected chi connectivity index (χ2v) is 8.15. The van der Waals surface area contributed by atoms with Crippen molar-refractivity contribution in [3.05, 3.63) is 36.0 Å². The number of allylic oxidation sites excluding steroid dienone is 1. The molecule has 2 N–H and O–H groups in total. The first kappa shape index (κ1) is 18.6. The maximum Gasteiger partial charge on any atom is 0.344 e. The van der Waals surface area contributed by atoms with E-state index in [0.29, 0.717) is 12.0 Å². The lowest BCUT2D eigenvalue weighted by atomic mass is 9.76. The van der Waals surface area contributed by atoms with Crippen LogP contribution in [0.2, 0.25) is 0 Å². The van der Waals surface area contributed by atoms with Gasteiger partial charge in [-0.05, 0) is 31.9 Å². The molecule has 0 aliphatic carbocycles. The lowest BCUT2D eigenvalue weighted by Gasteiger charge is -2.47. The molecule has 0 unspecified atom stereocenters. The molecule has 7 atom stereocenters. The highest BCUT2D eigenvalue weighted by Crippen LogP contribution is 2.56. The zero-order valence-electron chi connectivity index (χ0n) is 15.4. The maximum atomic E-state index is 12.6. The minimum atomic E-state index is -2.19. The van der Waals surface area contributed by atoms with Crippen LogP contribution in [0.1, 0.15) is 33.1 Å². The van der Waals surface area contributed by atoms with Crippen molar-refractivity contribution in [3.63, 3.8) is 0 Å². The minimum absolute atomic E-state index is 0.0390. The molecule has 3 fully saturated rings. The van der Waals surface area contributed by atoms with Gasteiger partial charge in [0, 0.05) is 18.8 Å². The third kappa shape index (κ3) is 2.56. The van der Waals surface area contributed by atoms with E-state index in [-0.39, 0.29) is 24.2 Å². The summed E-state index contributed by atoms with van der Waals surface area (Å²) in [6.07, 6.45) is -1.32. The Bertz CT molecular complexity index is 783. The van der Waals surface area contributed by atoms with Crippen LogP contribution in [0.5, 0.6) is 0 Å². The molecular weight excluding hydrogens is 352 g/mol. The van der Waals surface area contributed by atoms with Gasteiger partial charge in [-0.2, -0.15) is 0 Å². The number of carbonyl (C=O) groups excluding carboxylic acids is 2. The minimum Gasteiger partial charge on any atom is -0.457 e. The van der Waals surface area contributed by atoms with Crippen molar-refractivity contribution in [2.24, 2.45) is 5.92 Å². The van der Waals surface area contributed by atoms with Gasteiger partial charge < -0.3 is 24.4 Å². The fraction of sp³-hybridized carbons (Fsp3) is 0.600. The van der Waals surface area contributed by atoms with Crippen molar-refractivity contribution >= 4 is 11.8 Å². The van der Waals surface area contributed by atoms with Gasteiger partial charge in [0.15, 0.2) is 5.78 Å². The number of rotatable bonds is 1. The number of esters is 1. The molecule has 4 aliphatic rings. The Kier molecular flexibility index (Phi) is 4.02. The van der Waals surface area contributed by atoms with Crippen LogP contribution in [-0.2, 0) is 23.8 Å². The maximum absolute atomic E-state index is 12.6. The van der Waals surface area contributed by atoms with Gasteiger partial charge in [-0.15, -0.1) is 0 Å². The summed E-state index contributed by atoms with van der Waals surface area (Å²) in [6.45, 7) is 11.2. The van der Waals surface area contributed by atoms with Gasteiger partial charge >= 0.3 is 5.97 Å². The van der Waals surface area contributed by atoms with E-state index < -0.39 is 47.7 Å². The summed E-state index contributed by atoms with van der Waals surface area (Å²) in [5, 5.41) is 22.0. The molecule has 7 heteroatoms. The summed E-state index contributed by atoms with van der Waals surface area (Å²) in [4.78, 5) is 25.0. The van der Waals surface area contributed by atoms with Crippen LogP contribution < -0.4 is 0 Å². The number of ether oxygens (including phenoxy) is 3. The molecule has 0 aromatic heterocycles. The lowest BCUT2D eigenvalue weighted by Crippen LogP contribution is -2.60. The zero-order chi connectivity index (χ0) is 19.7. The monoisotopic (exact) mass is 376 g/mol. The Morgan fingerprint density at radius 3 is 2.67 bits per heavy atom. The van der Waals surface area contributed by atoms with Crippen LogP contribution in [0, 0.1) is 5.92 Å². The summed E-state index contributed by atoms with van der Waals surface area (Å²) in [7, 11) is 0. The quantitative estimate of drug-likeness (QED) is 0.399. The summed E-state index contributed by atoms with van der Waals surface area (Å²) < 4.78 is 17.1. The predicted molar refractivity (Wildman–Crippen MR) is 93.4 cm³/mol. The van der Waals surface area contributed by atoms with E-state index in [0.717, 1.165) is 5.57 Å². The first-order valence-electron chi connectivity index (χ1n) is 9.10.